The topological polar surface area (TPSA) is 123 Å². The predicted molar refractivity (Wildman–Crippen MR) is 121 cm³/mol. The second kappa shape index (κ2) is 10.6. The number of amides is 1. The van der Waals surface area contributed by atoms with Crippen molar-refractivity contribution in [1.82, 2.24) is 15.4 Å². The Morgan fingerprint density at radius 3 is 2.62 bits per heavy atom. The molecule has 1 aromatic heterocycles. The minimum absolute atomic E-state index is 0.0924. The molecule has 0 atom stereocenters. The van der Waals surface area contributed by atoms with Gasteiger partial charge in [0, 0.05) is 18.6 Å². The van der Waals surface area contributed by atoms with Gasteiger partial charge in [-0.25, -0.2) is 9.97 Å². The maximum absolute atomic E-state index is 12.1. The monoisotopic (exact) mass is 476 g/mol. The van der Waals surface area contributed by atoms with Crippen molar-refractivity contribution in [3.05, 3.63) is 80.6 Å². The number of rotatable bonds is 9. The van der Waals surface area contributed by atoms with E-state index in [-0.39, 0.29) is 28.1 Å². The number of carbonyl (C=O) groups is 1. The largest absolute Gasteiger partial charge is 0.482 e. The number of aromatic nitrogens is 2. The third-order valence-electron chi connectivity index (χ3n) is 4.18. The van der Waals surface area contributed by atoms with E-state index in [1.807, 2.05) is 30.3 Å². The molecule has 0 aliphatic rings. The Kier molecular flexibility index (Phi) is 7.63. The number of hydrogen-bond acceptors (Lipinski definition) is 8. The number of hydrogen-bond donors (Lipinski definition) is 2. The van der Waals surface area contributed by atoms with E-state index >= 15 is 0 Å². The minimum atomic E-state index is -0.616. The normalized spacial score (nSPS) is 10.3. The van der Waals surface area contributed by atoms with Crippen molar-refractivity contribution in [2.75, 3.05) is 24.0 Å². The van der Waals surface area contributed by atoms with E-state index in [2.05, 4.69) is 20.8 Å². The molecule has 3 rings (SSSR count). The molecule has 32 heavy (non-hydrogen) atoms. The fourth-order valence-corrected chi connectivity index (χ4v) is 3.20. The van der Waals surface area contributed by atoms with Crippen molar-refractivity contribution in [2.24, 2.45) is 0 Å². The van der Waals surface area contributed by atoms with Crippen LogP contribution in [-0.2, 0) is 11.3 Å². The van der Waals surface area contributed by atoms with Gasteiger partial charge in [-0.1, -0.05) is 53.5 Å². The van der Waals surface area contributed by atoms with Crippen LogP contribution in [0, 0.1) is 10.1 Å². The summed E-state index contributed by atoms with van der Waals surface area (Å²) in [6, 6.07) is 14.0. The highest BCUT2D eigenvalue weighted by Crippen LogP contribution is 2.31. The van der Waals surface area contributed by atoms with Crippen LogP contribution in [0.3, 0.4) is 0 Å². The highest BCUT2D eigenvalue weighted by Gasteiger charge is 2.26. The van der Waals surface area contributed by atoms with E-state index in [9.17, 15) is 14.9 Å². The second-order valence-electron chi connectivity index (χ2n) is 6.53. The summed E-state index contributed by atoms with van der Waals surface area (Å²) in [6.07, 6.45) is 1.17. The summed E-state index contributed by atoms with van der Waals surface area (Å²) in [5.74, 6) is -0.417. The lowest BCUT2D eigenvalue weighted by atomic mass is 10.2. The lowest BCUT2D eigenvalue weighted by molar-refractivity contribution is -0.383. The van der Waals surface area contributed by atoms with E-state index in [1.165, 1.54) is 18.5 Å². The van der Waals surface area contributed by atoms with Crippen LogP contribution < -0.4 is 20.5 Å². The van der Waals surface area contributed by atoms with Crippen LogP contribution in [0.5, 0.6) is 5.75 Å². The molecule has 1 amide bonds. The molecule has 0 radical (unpaired) electrons. The highest BCUT2D eigenvalue weighted by molar-refractivity contribution is 6.35. The molecule has 166 valence electrons. The number of nitro groups is 1. The molecule has 12 heteroatoms. The van der Waals surface area contributed by atoms with Crippen LogP contribution in [0.15, 0.2) is 54.9 Å². The molecule has 0 saturated heterocycles. The lowest BCUT2D eigenvalue weighted by Gasteiger charge is -2.19. The molecule has 2 aromatic carbocycles. The van der Waals surface area contributed by atoms with Gasteiger partial charge in [-0.15, -0.1) is 0 Å². The van der Waals surface area contributed by atoms with Crippen LogP contribution >= 0.6 is 23.2 Å². The number of hydrazine groups is 1. The standard InChI is InChI=1S/C20H18Cl2N6O4/c1-27(10-13-5-3-2-4-6-13)20-18(28(30)31)19(23-12-24-20)26-25-17(29)11-32-16-8-7-14(21)9-15(16)22/h2-9,12H,10-11H2,1H3,(H,25,29)(H,23,24,26). The fraction of sp³-hybridized carbons (Fsp3) is 0.150. The van der Waals surface area contributed by atoms with Crippen LogP contribution in [0.4, 0.5) is 17.3 Å². The number of halogens is 2. The van der Waals surface area contributed by atoms with Crippen LogP contribution in [-0.4, -0.2) is 34.5 Å². The van der Waals surface area contributed by atoms with E-state index < -0.39 is 17.4 Å². The number of anilines is 2. The molecular weight excluding hydrogens is 459 g/mol. The van der Waals surface area contributed by atoms with Gasteiger partial charge in [0.15, 0.2) is 6.61 Å². The van der Waals surface area contributed by atoms with Crippen molar-refractivity contribution in [1.29, 1.82) is 0 Å². The first-order valence-corrected chi connectivity index (χ1v) is 9.98. The number of nitrogens with one attached hydrogen (secondary N) is 2. The van der Waals surface area contributed by atoms with E-state index in [4.69, 9.17) is 27.9 Å². The zero-order valence-electron chi connectivity index (χ0n) is 16.8. The highest BCUT2D eigenvalue weighted by atomic mass is 35.5. The molecule has 2 N–H and O–H groups in total. The Bertz CT molecular complexity index is 1120. The second-order valence-corrected chi connectivity index (χ2v) is 7.37. The predicted octanol–water partition coefficient (Wildman–Crippen LogP) is 3.85. The number of benzene rings is 2. The van der Waals surface area contributed by atoms with Gasteiger partial charge in [-0.3, -0.25) is 25.8 Å². The quantitative estimate of drug-likeness (QED) is 0.352. The third kappa shape index (κ3) is 5.96. The van der Waals surface area contributed by atoms with Crippen molar-refractivity contribution in [3.8, 4) is 5.75 Å². The SMILES string of the molecule is CN(Cc1ccccc1)c1ncnc(NNC(=O)COc2ccc(Cl)cc2Cl)c1[N+](=O)[O-]. The van der Waals surface area contributed by atoms with Gasteiger partial charge in [0.2, 0.25) is 11.6 Å². The van der Waals surface area contributed by atoms with E-state index in [0.29, 0.717) is 11.6 Å². The van der Waals surface area contributed by atoms with E-state index in [0.717, 1.165) is 5.56 Å². The number of nitrogens with zero attached hydrogens (tertiary/aromatic N) is 4. The Morgan fingerprint density at radius 2 is 1.94 bits per heavy atom. The van der Waals surface area contributed by atoms with Gasteiger partial charge >= 0.3 is 5.69 Å². The van der Waals surface area contributed by atoms with Gasteiger partial charge in [0.05, 0.1) is 9.95 Å². The minimum Gasteiger partial charge on any atom is -0.482 e. The third-order valence-corrected chi connectivity index (χ3v) is 4.71. The lowest BCUT2D eigenvalue weighted by Crippen LogP contribution is -2.34. The molecule has 0 fully saturated rings. The summed E-state index contributed by atoms with van der Waals surface area (Å²) in [4.78, 5) is 32.8. The average Bonchev–Trinajstić information content (AvgIpc) is 2.77. The Labute approximate surface area is 193 Å². The first-order chi connectivity index (χ1) is 15.3. The molecule has 0 aliphatic carbocycles. The summed E-state index contributed by atoms with van der Waals surface area (Å²) in [6.45, 7) is -0.00577. The summed E-state index contributed by atoms with van der Waals surface area (Å²) in [5, 5.41) is 12.4. The Balaban J connectivity index is 1.67. The zero-order valence-corrected chi connectivity index (χ0v) is 18.3. The van der Waals surface area contributed by atoms with Gasteiger partial charge < -0.3 is 9.64 Å². The number of carbonyl (C=O) groups excluding carboxylic acids is 1. The van der Waals surface area contributed by atoms with Gasteiger partial charge in [-0.2, -0.15) is 0 Å². The molecule has 0 spiro atoms. The van der Waals surface area contributed by atoms with Crippen molar-refractivity contribution in [3.63, 3.8) is 0 Å². The van der Waals surface area contributed by atoms with Crippen molar-refractivity contribution >= 4 is 46.4 Å². The van der Waals surface area contributed by atoms with Crippen LogP contribution in [0.25, 0.3) is 0 Å². The molecule has 3 aromatic rings. The summed E-state index contributed by atoms with van der Waals surface area (Å²) >= 11 is 11.8. The summed E-state index contributed by atoms with van der Waals surface area (Å²) in [5.41, 5.74) is 5.34. The molecule has 0 bridgehead atoms. The molecular formula is C20H18Cl2N6O4. The molecule has 1 heterocycles. The van der Waals surface area contributed by atoms with Crippen LogP contribution in [0.2, 0.25) is 10.0 Å². The van der Waals surface area contributed by atoms with Gasteiger partial charge in [0.1, 0.15) is 12.1 Å². The average molecular weight is 477 g/mol. The zero-order chi connectivity index (χ0) is 23.1. The van der Waals surface area contributed by atoms with Crippen molar-refractivity contribution < 1.29 is 14.5 Å². The maximum Gasteiger partial charge on any atom is 0.355 e. The Morgan fingerprint density at radius 1 is 1.19 bits per heavy atom. The van der Waals surface area contributed by atoms with Gasteiger partial charge in [-0.05, 0) is 23.8 Å². The van der Waals surface area contributed by atoms with Gasteiger partial charge in [0.25, 0.3) is 5.91 Å². The van der Waals surface area contributed by atoms with E-state index in [1.54, 1.807) is 18.0 Å². The first kappa shape index (κ1) is 23.0. The maximum atomic E-state index is 12.1. The molecule has 0 saturated carbocycles. The molecule has 0 aliphatic heterocycles. The number of ether oxygens (including phenoxy) is 1. The summed E-state index contributed by atoms with van der Waals surface area (Å²) in [7, 11) is 1.67. The fourth-order valence-electron chi connectivity index (χ4n) is 2.74. The molecule has 10 nitrogen and oxygen atoms in total. The van der Waals surface area contributed by atoms with Crippen molar-refractivity contribution in [2.45, 2.75) is 6.54 Å². The molecule has 0 unspecified atom stereocenters. The smallest absolute Gasteiger partial charge is 0.355 e. The Hall–Kier alpha value is -3.63. The van der Waals surface area contributed by atoms with Crippen LogP contribution in [0.1, 0.15) is 5.56 Å². The first-order valence-electron chi connectivity index (χ1n) is 9.22. The summed E-state index contributed by atoms with van der Waals surface area (Å²) < 4.78 is 5.33.